The highest BCUT2D eigenvalue weighted by Gasteiger charge is 2.68. The second-order valence-corrected chi connectivity index (χ2v) is 10.6. The lowest BCUT2D eigenvalue weighted by atomic mass is 9.38. The van der Waals surface area contributed by atoms with E-state index in [1.54, 1.807) is 0 Å². The summed E-state index contributed by atoms with van der Waals surface area (Å²) in [6.07, 6.45) is 6.56. The first-order chi connectivity index (χ1) is 12.1. The lowest BCUT2D eigenvalue weighted by Gasteiger charge is -2.67. The van der Waals surface area contributed by atoms with Gasteiger partial charge in [-0.05, 0) is 54.8 Å². The lowest BCUT2D eigenvalue weighted by molar-refractivity contribution is -0.230. The summed E-state index contributed by atoms with van der Waals surface area (Å²) in [4.78, 5) is 24.3. The first-order valence-corrected chi connectivity index (χ1v) is 10.4. The van der Waals surface area contributed by atoms with Gasteiger partial charge < -0.3 is 9.47 Å². The Morgan fingerprint density at radius 3 is 2.54 bits per heavy atom. The lowest BCUT2D eigenvalue weighted by Crippen LogP contribution is -2.65. The van der Waals surface area contributed by atoms with Crippen LogP contribution < -0.4 is 0 Å². The summed E-state index contributed by atoms with van der Waals surface area (Å²) in [6, 6.07) is 0. The molecule has 1 aliphatic heterocycles. The third kappa shape index (κ3) is 2.32. The van der Waals surface area contributed by atoms with Gasteiger partial charge in [-0.2, -0.15) is 0 Å². The summed E-state index contributed by atoms with van der Waals surface area (Å²) in [5.41, 5.74) is 0.356. The Morgan fingerprint density at radius 1 is 1.12 bits per heavy atom. The molecular formula is C22H34O4. The average molecular weight is 363 g/mol. The Labute approximate surface area is 157 Å². The van der Waals surface area contributed by atoms with Crippen LogP contribution in [0.2, 0.25) is 0 Å². The first kappa shape index (κ1) is 18.3. The number of rotatable bonds is 1. The van der Waals surface area contributed by atoms with Gasteiger partial charge in [0.25, 0.3) is 0 Å². The maximum atomic E-state index is 12.3. The molecule has 0 aromatic rings. The van der Waals surface area contributed by atoms with E-state index in [2.05, 4.69) is 27.7 Å². The molecule has 1 saturated heterocycles. The minimum absolute atomic E-state index is 0.00828. The topological polar surface area (TPSA) is 52.6 Å². The minimum Gasteiger partial charge on any atom is -0.465 e. The van der Waals surface area contributed by atoms with Crippen molar-refractivity contribution in [3.63, 3.8) is 0 Å². The summed E-state index contributed by atoms with van der Waals surface area (Å²) in [5.74, 6) is 0.980. The molecule has 4 nitrogen and oxygen atoms in total. The van der Waals surface area contributed by atoms with E-state index in [-0.39, 0.29) is 46.1 Å². The van der Waals surface area contributed by atoms with Gasteiger partial charge in [-0.3, -0.25) is 9.59 Å². The van der Waals surface area contributed by atoms with Crippen molar-refractivity contribution in [2.75, 3.05) is 6.61 Å². The molecule has 4 rings (SSSR count). The Balaban J connectivity index is 1.80. The molecule has 26 heavy (non-hydrogen) atoms. The van der Waals surface area contributed by atoms with Crippen molar-refractivity contribution in [3.8, 4) is 0 Å². The van der Waals surface area contributed by atoms with Crippen molar-refractivity contribution >= 4 is 11.9 Å². The van der Waals surface area contributed by atoms with Crippen LogP contribution in [-0.4, -0.2) is 24.6 Å². The normalized spacial score (nSPS) is 49.4. The van der Waals surface area contributed by atoms with Crippen molar-refractivity contribution in [1.82, 2.24) is 0 Å². The molecule has 0 N–H and O–H groups in total. The summed E-state index contributed by atoms with van der Waals surface area (Å²) in [7, 11) is 0. The predicted octanol–water partition coefficient (Wildman–Crippen LogP) is 4.36. The molecule has 3 aliphatic carbocycles. The maximum Gasteiger partial charge on any atom is 0.309 e. The fourth-order valence-electron chi connectivity index (χ4n) is 7.93. The third-order valence-corrected chi connectivity index (χ3v) is 9.03. The second kappa shape index (κ2) is 5.72. The molecule has 0 aromatic heterocycles. The van der Waals surface area contributed by atoms with E-state index >= 15 is 0 Å². The van der Waals surface area contributed by atoms with Crippen molar-refractivity contribution < 1.29 is 19.1 Å². The van der Waals surface area contributed by atoms with Crippen molar-refractivity contribution in [2.45, 2.75) is 79.2 Å². The van der Waals surface area contributed by atoms with E-state index in [0.717, 1.165) is 19.3 Å². The number of ether oxygens (including phenoxy) is 2. The number of cyclic esters (lactones) is 1. The number of carbonyl (C=O) groups excluding carboxylic acids is 2. The maximum absolute atomic E-state index is 12.3. The molecule has 0 radical (unpaired) electrons. The second-order valence-electron chi connectivity index (χ2n) is 10.6. The highest BCUT2D eigenvalue weighted by Crippen LogP contribution is 2.70. The standard InChI is InChI=1S/C22H34O4/c1-13(23)26-18-11-17-20(2,3)9-6-10-21(17,4)16-8-7-14-15(22(16,18)5)12-25-19(14)24/h14-18H,6-12H2,1-5H3/t14-,15-,16-,17+,18-,21-,22+/m0/s1. The van der Waals surface area contributed by atoms with Crippen LogP contribution in [0.5, 0.6) is 0 Å². The number of esters is 2. The smallest absolute Gasteiger partial charge is 0.309 e. The summed E-state index contributed by atoms with van der Waals surface area (Å²) in [5, 5.41) is 0. The highest BCUT2D eigenvalue weighted by molar-refractivity contribution is 5.75. The van der Waals surface area contributed by atoms with Gasteiger partial charge in [0.2, 0.25) is 0 Å². The molecule has 0 unspecified atom stereocenters. The van der Waals surface area contributed by atoms with E-state index in [9.17, 15) is 9.59 Å². The van der Waals surface area contributed by atoms with Crippen LogP contribution >= 0.6 is 0 Å². The van der Waals surface area contributed by atoms with Crippen molar-refractivity contribution in [1.29, 1.82) is 0 Å². The molecule has 4 fully saturated rings. The van der Waals surface area contributed by atoms with Crippen LogP contribution in [0.3, 0.4) is 0 Å². The molecule has 0 amide bonds. The van der Waals surface area contributed by atoms with Gasteiger partial charge >= 0.3 is 11.9 Å². The van der Waals surface area contributed by atoms with E-state index in [0.29, 0.717) is 18.4 Å². The fourth-order valence-corrected chi connectivity index (χ4v) is 7.93. The number of hydrogen-bond acceptors (Lipinski definition) is 4. The Bertz CT molecular complexity index is 626. The third-order valence-electron chi connectivity index (χ3n) is 9.03. The molecule has 4 aliphatic rings. The van der Waals surface area contributed by atoms with Gasteiger partial charge in [0.15, 0.2) is 0 Å². The Kier molecular flexibility index (Phi) is 4.03. The molecule has 3 saturated carbocycles. The van der Waals surface area contributed by atoms with Gasteiger partial charge in [-0.25, -0.2) is 0 Å². The molecule has 4 heteroatoms. The number of hydrogen-bond donors (Lipinski definition) is 0. The van der Waals surface area contributed by atoms with Gasteiger partial charge in [0.1, 0.15) is 6.10 Å². The monoisotopic (exact) mass is 362 g/mol. The fraction of sp³-hybridized carbons (Fsp3) is 0.909. The zero-order valence-electron chi connectivity index (χ0n) is 17.0. The van der Waals surface area contributed by atoms with Gasteiger partial charge in [-0.15, -0.1) is 0 Å². The van der Waals surface area contributed by atoms with Gasteiger partial charge in [0.05, 0.1) is 12.5 Å². The largest absolute Gasteiger partial charge is 0.465 e. The van der Waals surface area contributed by atoms with Crippen LogP contribution in [-0.2, 0) is 19.1 Å². The SMILES string of the molecule is CC(=O)O[C@H]1C[C@@H]2C(C)(C)CCC[C@@]2(C)[C@@H]2CC[C@@H]3C(=O)OC[C@@H]3[C@@]12C. The molecule has 0 bridgehead atoms. The van der Waals surface area contributed by atoms with Crippen LogP contribution in [0.25, 0.3) is 0 Å². The van der Waals surface area contributed by atoms with Gasteiger partial charge in [-0.1, -0.05) is 34.1 Å². The molecule has 0 aromatic carbocycles. The number of fused-ring (bicyclic) bond motifs is 5. The van der Waals surface area contributed by atoms with Gasteiger partial charge in [0, 0.05) is 18.3 Å². The van der Waals surface area contributed by atoms with Crippen LogP contribution in [0.15, 0.2) is 0 Å². The zero-order valence-corrected chi connectivity index (χ0v) is 17.0. The van der Waals surface area contributed by atoms with Crippen LogP contribution in [0.1, 0.15) is 73.1 Å². The molecule has 7 atom stereocenters. The van der Waals surface area contributed by atoms with Crippen molar-refractivity contribution in [2.24, 2.45) is 39.9 Å². The molecule has 146 valence electrons. The Hall–Kier alpha value is -1.06. The first-order valence-electron chi connectivity index (χ1n) is 10.4. The van der Waals surface area contributed by atoms with E-state index in [1.165, 1.54) is 26.2 Å². The van der Waals surface area contributed by atoms with E-state index < -0.39 is 0 Å². The molecule has 0 spiro atoms. The summed E-state index contributed by atoms with van der Waals surface area (Å²) in [6.45, 7) is 11.6. The van der Waals surface area contributed by atoms with Crippen molar-refractivity contribution in [3.05, 3.63) is 0 Å². The predicted molar refractivity (Wildman–Crippen MR) is 98.2 cm³/mol. The summed E-state index contributed by atoms with van der Waals surface area (Å²) >= 11 is 0. The molecule has 1 heterocycles. The number of carbonyl (C=O) groups is 2. The average Bonchev–Trinajstić information content (AvgIpc) is 2.91. The van der Waals surface area contributed by atoms with E-state index in [4.69, 9.17) is 9.47 Å². The van der Waals surface area contributed by atoms with Crippen LogP contribution in [0, 0.1) is 39.9 Å². The minimum atomic E-state index is -0.195. The molecular weight excluding hydrogens is 328 g/mol. The van der Waals surface area contributed by atoms with E-state index in [1.807, 2.05) is 0 Å². The van der Waals surface area contributed by atoms with Crippen LogP contribution in [0.4, 0.5) is 0 Å². The Morgan fingerprint density at radius 2 is 1.85 bits per heavy atom. The zero-order chi connectivity index (χ0) is 18.9. The highest BCUT2D eigenvalue weighted by atomic mass is 16.5. The quantitative estimate of drug-likeness (QED) is 0.650. The summed E-state index contributed by atoms with van der Waals surface area (Å²) < 4.78 is 11.5.